The molecule has 148 valence electrons. The molecule has 0 saturated heterocycles. The van der Waals surface area contributed by atoms with E-state index in [1.165, 1.54) is 64.2 Å². The number of hydrogen-bond donors (Lipinski definition) is 2. The topological polar surface area (TPSA) is 74.6 Å². The summed E-state index contributed by atoms with van der Waals surface area (Å²) in [7, 11) is 0. The number of rotatable bonds is 20. The number of ketones is 1. The van der Waals surface area contributed by atoms with Crippen LogP contribution >= 0.6 is 0 Å². The molecule has 0 unspecified atom stereocenters. The molecule has 25 heavy (non-hydrogen) atoms. The third kappa shape index (κ3) is 21.1. The van der Waals surface area contributed by atoms with Crippen LogP contribution in [0.15, 0.2) is 0 Å². The summed E-state index contributed by atoms with van der Waals surface area (Å²) in [4.78, 5) is 21.8. The Balaban J connectivity index is 3.07. The molecule has 0 aliphatic rings. The molecule has 0 heterocycles. The first kappa shape index (κ1) is 24.1. The number of carboxylic acids is 1. The van der Waals surface area contributed by atoms with Crippen LogP contribution in [0.4, 0.5) is 0 Å². The second-order valence-electron chi connectivity index (χ2n) is 7.21. The third-order valence-electron chi connectivity index (χ3n) is 4.71. The van der Waals surface area contributed by atoms with E-state index in [2.05, 4.69) is 0 Å². The smallest absolute Gasteiger partial charge is 0.303 e. The number of carbonyl (C=O) groups excluding carboxylic acids is 1. The van der Waals surface area contributed by atoms with Crippen LogP contribution in [0.3, 0.4) is 0 Å². The summed E-state index contributed by atoms with van der Waals surface area (Å²) in [6, 6.07) is 0. The predicted molar refractivity (Wildman–Crippen MR) is 103 cm³/mol. The van der Waals surface area contributed by atoms with Gasteiger partial charge in [-0.2, -0.15) is 0 Å². The van der Waals surface area contributed by atoms with Crippen LogP contribution in [0.1, 0.15) is 116 Å². The highest BCUT2D eigenvalue weighted by molar-refractivity contribution is 5.78. The summed E-state index contributed by atoms with van der Waals surface area (Å²) in [5, 5.41) is 17.2. The van der Waals surface area contributed by atoms with Crippen molar-refractivity contribution < 1.29 is 19.8 Å². The molecule has 0 fully saturated rings. The normalized spacial score (nSPS) is 10.9. The zero-order valence-corrected chi connectivity index (χ0v) is 16.1. The van der Waals surface area contributed by atoms with Gasteiger partial charge >= 0.3 is 5.97 Å². The zero-order valence-electron chi connectivity index (χ0n) is 16.1. The Kier molecular flexibility index (Phi) is 18.7. The van der Waals surface area contributed by atoms with Crippen molar-refractivity contribution in [1.82, 2.24) is 0 Å². The molecular weight excluding hydrogens is 316 g/mol. The molecule has 0 amide bonds. The van der Waals surface area contributed by atoms with E-state index in [1.54, 1.807) is 0 Å². The Morgan fingerprint density at radius 2 is 0.800 bits per heavy atom. The second kappa shape index (κ2) is 19.4. The van der Waals surface area contributed by atoms with Crippen molar-refractivity contribution in [2.75, 3.05) is 6.61 Å². The minimum Gasteiger partial charge on any atom is -0.481 e. The molecule has 0 aliphatic carbocycles. The van der Waals surface area contributed by atoms with Gasteiger partial charge in [-0.3, -0.25) is 9.59 Å². The quantitative estimate of drug-likeness (QED) is 0.276. The SMILES string of the molecule is O=C(O)CCCCCCCCCCCCCCCCC(=O)CCCO. The summed E-state index contributed by atoms with van der Waals surface area (Å²) in [6.45, 7) is 0.124. The van der Waals surface area contributed by atoms with E-state index < -0.39 is 5.97 Å². The van der Waals surface area contributed by atoms with E-state index in [9.17, 15) is 9.59 Å². The number of aliphatic carboxylic acids is 1. The first-order chi connectivity index (χ1) is 12.2. The molecule has 0 atom stereocenters. The minimum atomic E-state index is -0.675. The van der Waals surface area contributed by atoms with Crippen LogP contribution in [0, 0.1) is 0 Å². The molecule has 0 saturated carbocycles. The standard InChI is InChI=1S/C21H40O4/c22-19-15-17-20(23)16-13-11-9-7-5-3-1-2-4-6-8-10-12-14-18-21(24)25/h22H,1-19H2,(H,24,25). The highest BCUT2D eigenvalue weighted by atomic mass is 16.4. The van der Waals surface area contributed by atoms with Crippen molar-refractivity contribution >= 4 is 11.8 Å². The first-order valence-corrected chi connectivity index (χ1v) is 10.5. The van der Waals surface area contributed by atoms with Gasteiger partial charge in [0.2, 0.25) is 0 Å². The average molecular weight is 357 g/mol. The van der Waals surface area contributed by atoms with Crippen LogP contribution in [0.2, 0.25) is 0 Å². The van der Waals surface area contributed by atoms with E-state index in [4.69, 9.17) is 10.2 Å². The summed E-state index contributed by atoms with van der Waals surface area (Å²) in [5.74, 6) is -0.373. The lowest BCUT2D eigenvalue weighted by Gasteiger charge is -2.03. The van der Waals surface area contributed by atoms with E-state index in [0.717, 1.165) is 25.7 Å². The first-order valence-electron chi connectivity index (χ1n) is 10.5. The van der Waals surface area contributed by atoms with Gasteiger partial charge in [0.15, 0.2) is 0 Å². The second-order valence-corrected chi connectivity index (χ2v) is 7.21. The largest absolute Gasteiger partial charge is 0.481 e. The van der Waals surface area contributed by atoms with Crippen molar-refractivity contribution in [3.05, 3.63) is 0 Å². The summed E-state index contributed by atoms with van der Waals surface area (Å²) >= 11 is 0. The van der Waals surface area contributed by atoms with Gasteiger partial charge in [-0.25, -0.2) is 0 Å². The molecular formula is C21H40O4. The van der Waals surface area contributed by atoms with E-state index in [0.29, 0.717) is 31.5 Å². The molecule has 2 N–H and O–H groups in total. The Bertz CT molecular complexity index is 315. The molecule has 4 heteroatoms. The lowest BCUT2D eigenvalue weighted by atomic mass is 10.0. The molecule has 0 aromatic carbocycles. The maximum Gasteiger partial charge on any atom is 0.303 e. The number of carbonyl (C=O) groups is 2. The van der Waals surface area contributed by atoms with Crippen molar-refractivity contribution in [3.63, 3.8) is 0 Å². The lowest BCUT2D eigenvalue weighted by molar-refractivity contribution is -0.137. The van der Waals surface area contributed by atoms with Crippen LogP contribution in [0.5, 0.6) is 0 Å². The lowest BCUT2D eigenvalue weighted by Crippen LogP contribution is -1.99. The Morgan fingerprint density at radius 1 is 0.480 bits per heavy atom. The maximum absolute atomic E-state index is 11.4. The van der Waals surface area contributed by atoms with E-state index in [1.807, 2.05) is 0 Å². The molecule has 0 bridgehead atoms. The number of unbranched alkanes of at least 4 members (excludes halogenated alkanes) is 13. The van der Waals surface area contributed by atoms with Gasteiger partial charge in [0.25, 0.3) is 0 Å². The average Bonchev–Trinajstić information content (AvgIpc) is 2.59. The summed E-state index contributed by atoms with van der Waals surface area (Å²) in [6.07, 6.45) is 19.1. The molecule has 0 aromatic rings. The van der Waals surface area contributed by atoms with Gasteiger partial charge in [-0.05, 0) is 19.3 Å². The molecule has 0 radical (unpaired) electrons. The third-order valence-corrected chi connectivity index (χ3v) is 4.71. The Morgan fingerprint density at radius 3 is 1.16 bits per heavy atom. The van der Waals surface area contributed by atoms with Crippen LogP contribution in [-0.4, -0.2) is 28.6 Å². The number of aliphatic hydroxyl groups is 1. The number of aliphatic hydroxyl groups excluding tert-OH is 1. The van der Waals surface area contributed by atoms with Gasteiger partial charge in [-0.15, -0.1) is 0 Å². The molecule has 0 aromatic heterocycles. The van der Waals surface area contributed by atoms with Crippen molar-refractivity contribution in [2.45, 2.75) is 116 Å². The van der Waals surface area contributed by atoms with Gasteiger partial charge < -0.3 is 10.2 Å². The number of carboxylic acid groups (broad SMARTS) is 1. The van der Waals surface area contributed by atoms with Crippen molar-refractivity contribution in [1.29, 1.82) is 0 Å². The monoisotopic (exact) mass is 356 g/mol. The predicted octanol–water partition coefficient (Wildman–Crippen LogP) is 5.65. The molecule has 0 aliphatic heterocycles. The van der Waals surface area contributed by atoms with E-state index in [-0.39, 0.29) is 6.61 Å². The Labute approximate surface area is 154 Å². The van der Waals surface area contributed by atoms with Gasteiger partial charge in [-0.1, -0.05) is 77.0 Å². The van der Waals surface area contributed by atoms with Crippen LogP contribution in [-0.2, 0) is 9.59 Å². The number of hydrogen-bond acceptors (Lipinski definition) is 3. The van der Waals surface area contributed by atoms with Crippen LogP contribution < -0.4 is 0 Å². The fourth-order valence-corrected chi connectivity index (χ4v) is 3.12. The van der Waals surface area contributed by atoms with Crippen molar-refractivity contribution in [3.8, 4) is 0 Å². The summed E-state index contributed by atoms with van der Waals surface area (Å²) in [5.41, 5.74) is 0. The molecule has 0 spiro atoms. The Hall–Kier alpha value is -0.900. The van der Waals surface area contributed by atoms with Crippen molar-refractivity contribution in [2.24, 2.45) is 0 Å². The molecule has 0 rings (SSSR count). The zero-order chi connectivity index (χ0) is 18.6. The van der Waals surface area contributed by atoms with Gasteiger partial charge in [0, 0.05) is 25.9 Å². The van der Waals surface area contributed by atoms with E-state index >= 15 is 0 Å². The fourth-order valence-electron chi connectivity index (χ4n) is 3.12. The highest BCUT2D eigenvalue weighted by Gasteiger charge is 2.01. The maximum atomic E-state index is 11.4. The fraction of sp³-hybridized carbons (Fsp3) is 0.905. The number of Topliss-reactive ketones (excluding diaryl/α,β-unsaturated/α-hetero) is 1. The highest BCUT2D eigenvalue weighted by Crippen LogP contribution is 2.14. The molecule has 4 nitrogen and oxygen atoms in total. The van der Waals surface area contributed by atoms with Gasteiger partial charge in [0.1, 0.15) is 5.78 Å². The minimum absolute atomic E-state index is 0.124. The van der Waals surface area contributed by atoms with Gasteiger partial charge in [0.05, 0.1) is 0 Å². The van der Waals surface area contributed by atoms with Crippen LogP contribution in [0.25, 0.3) is 0 Å². The summed E-state index contributed by atoms with van der Waals surface area (Å²) < 4.78 is 0.